The molecule has 106 valence electrons. The number of sulfonamides is 1. The molecular weight excluding hydrogens is 336 g/mol. The van der Waals surface area contributed by atoms with Crippen LogP contribution >= 0.6 is 15.9 Å². The lowest BCUT2D eigenvalue weighted by Gasteiger charge is -2.18. The lowest BCUT2D eigenvalue weighted by atomic mass is 9.92. The number of alkyl halides is 1. The molecule has 19 heavy (non-hydrogen) atoms. The topological polar surface area (TPSA) is 103 Å². The van der Waals surface area contributed by atoms with Crippen molar-refractivity contribution in [3.8, 4) is 0 Å². The molecule has 2 N–H and O–H groups in total. The minimum Gasteiger partial charge on any atom is -0.258 e. The first-order valence-electron chi connectivity index (χ1n) is 5.63. The van der Waals surface area contributed by atoms with Crippen LogP contribution in [0.15, 0.2) is 23.1 Å². The molecule has 0 fully saturated rings. The van der Waals surface area contributed by atoms with Gasteiger partial charge < -0.3 is 0 Å². The van der Waals surface area contributed by atoms with E-state index in [1.165, 1.54) is 12.1 Å². The van der Waals surface area contributed by atoms with Crippen LogP contribution in [0.2, 0.25) is 0 Å². The van der Waals surface area contributed by atoms with Gasteiger partial charge in [0.15, 0.2) is 0 Å². The van der Waals surface area contributed by atoms with Gasteiger partial charge >= 0.3 is 0 Å². The monoisotopic (exact) mass is 350 g/mol. The molecule has 0 aromatic heterocycles. The van der Waals surface area contributed by atoms with Crippen LogP contribution in [0, 0.1) is 10.1 Å². The summed E-state index contributed by atoms with van der Waals surface area (Å²) in [5, 5.41) is 16.1. The zero-order valence-corrected chi connectivity index (χ0v) is 12.9. The highest BCUT2D eigenvalue weighted by Gasteiger charge is 2.26. The predicted molar refractivity (Wildman–Crippen MR) is 75.9 cm³/mol. The van der Waals surface area contributed by atoms with Gasteiger partial charge in [-0.2, -0.15) is 0 Å². The Morgan fingerprint density at radius 1 is 1.47 bits per heavy atom. The first kappa shape index (κ1) is 16.1. The van der Waals surface area contributed by atoms with Crippen LogP contribution in [0.3, 0.4) is 0 Å². The van der Waals surface area contributed by atoms with Crippen LogP contribution in [-0.4, -0.2) is 18.2 Å². The molecule has 6 nitrogen and oxygen atoms in total. The van der Waals surface area contributed by atoms with Crippen molar-refractivity contribution in [1.82, 2.24) is 0 Å². The van der Waals surface area contributed by atoms with Crippen LogP contribution in [-0.2, 0) is 10.0 Å². The molecule has 1 rings (SSSR count). The van der Waals surface area contributed by atoms with Crippen molar-refractivity contribution in [3.05, 3.63) is 33.9 Å². The summed E-state index contributed by atoms with van der Waals surface area (Å²) in [5.74, 6) is -0.0741. The van der Waals surface area contributed by atoms with E-state index in [1.807, 2.05) is 13.8 Å². The molecule has 0 aliphatic heterocycles. The molecule has 2 atom stereocenters. The second-order valence-corrected chi connectivity index (χ2v) is 7.22. The molecule has 0 bridgehead atoms. The summed E-state index contributed by atoms with van der Waals surface area (Å²) in [4.78, 5) is 10.3. The van der Waals surface area contributed by atoms with Gasteiger partial charge in [0.05, 0.1) is 9.82 Å². The Morgan fingerprint density at radius 2 is 2.05 bits per heavy atom. The van der Waals surface area contributed by atoms with Crippen LogP contribution in [0.1, 0.15) is 31.7 Å². The molecule has 8 heteroatoms. The first-order chi connectivity index (χ1) is 8.68. The summed E-state index contributed by atoms with van der Waals surface area (Å²) >= 11 is 3.41. The zero-order valence-electron chi connectivity index (χ0n) is 10.5. The van der Waals surface area contributed by atoms with E-state index in [2.05, 4.69) is 15.9 Å². The summed E-state index contributed by atoms with van der Waals surface area (Å²) < 4.78 is 22.5. The number of nitrogens with zero attached hydrogens (tertiary/aromatic N) is 1. The Labute approximate surface area is 120 Å². The summed E-state index contributed by atoms with van der Waals surface area (Å²) in [6.07, 6.45) is 0.696. The molecular formula is C11H15BrN2O4S. The summed E-state index contributed by atoms with van der Waals surface area (Å²) in [6.45, 7) is 3.81. The summed E-state index contributed by atoms with van der Waals surface area (Å²) in [6, 6.07) is 3.78. The number of benzene rings is 1. The minimum atomic E-state index is -3.94. The SMILES string of the molecule is CCC(c1ccc(S(N)(=O)=O)cc1[N+](=O)[O-])C(C)Br. The van der Waals surface area contributed by atoms with Gasteiger partial charge in [0.25, 0.3) is 5.69 Å². The maximum absolute atomic E-state index is 11.2. The van der Waals surface area contributed by atoms with E-state index in [0.29, 0.717) is 12.0 Å². The van der Waals surface area contributed by atoms with E-state index in [0.717, 1.165) is 6.07 Å². The van der Waals surface area contributed by atoms with E-state index in [-0.39, 0.29) is 21.3 Å². The van der Waals surface area contributed by atoms with E-state index in [1.54, 1.807) is 0 Å². The van der Waals surface area contributed by atoms with Crippen molar-refractivity contribution in [2.75, 3.05) is 0 Å². The quantitative estimate of drug-likeness (QED) is 0.500. The van der Waals surface area contributed by atoms with Crippen LogP contribution < -0.4 is 5.14 Å². The lowest BCUT2D eigenvalue weighted by Crippen LogP contribution is -2.14. The van der Waals surface area contributed by atoms with Gasteiger partial charge in [-0.05, 0) is 12.5 Å². The summed E-state index contributed by atoms with van der Waals surface area (Å²) in [5.41, 5.74) is 0.286. The number of hydrogen-bond acceptors (Lipinski definition) is 4. The number of nitro groups is 1. The van der Waals surface area contributed by atoms with Crippen molar-refractivity contribution < 1.29 is 13.3 Å². The van der Waals surface area contributed by atoms with Crippen molar-refractivity contribution in [3.63, 3.8) is 0 Å². The zero-order chi connectivity index (χ0) is 14.8. The van der Waals surface area contributed by atoms with Crippen molar-refractivity contribution in [2.24, 2.45) is 5.14 Å². The van der Waals surface area contributed by atoms with Crippen LogP contribution in [0.4, 0.5) is 5.69 Å². The van der Waals surface area contributed by atoms with Crippen molar-refractivity contribution in [1.29, 1.82) is 0 Å². The van der Waals surface area contributed by atoms with Gasteiger partial charge in [-0.1, -0.05) is 35.8 Å². The summed E-state index contributed by atoms with van der Waals surface area (Å²) in [7, 11) is -3.94. The number of primary sulfonamides is 1. The highest BCUT2D eigenvalue weighted by atomic mass is 79.9. The highest BCUT2D eigenvalue weighted by Crippen LogP contribution is 2.35. The Bertz CT molecular complexity index is 586. The van der Waals surface area contributed by atoms with E-state index >= 15 is 0 Å². The number of nitro benzene ring substituents is 1. The average molecular weight is 351 g/mol. The number of hydrogen-bond donors (Lipinski definition) is 1. The van der Waals surface area contributed by atoms with Gasteiger partial charge in [0, 0.05) is 22.4 Å². The van der Waals surface area contributed by atoms with E-state index in [9.17, 15) is 18.5 Å². The molecule has 0 aliphatic carbocycles. The molecule has 1 aromatic rings. The van der Waals surface area contributed by atoms with Gasteiger partial charge in [-0.25, -0.2) is 13.6 Å². The third kappa shape index (κ3) is 3.74. The molecule has 1 aromatic carbocycles. The molecule has 2 unspecified atom stereocenters. The van der Waals surface area contributed by atoms with Crippen molar-refractivity contribution >= 4 is 31.6 Å². The number of halogens is 1. The Kier molecular flexibility index (Phi) is 5.05. The molecule has 0 saturated heterocycles. The van der Waals surface area contributed by atoms with Gasteiger partial charge in [0.2, 0.25) is 10.0 Å². The average Bonchev–Trinajstić information content (AvgIpc) is 2.28. The fraction of sp³-hybridized carbons (Fsp3) is 0.455. The van der Waals surface area contributed by atoms with Gasteiger partial charge in [-0.15, -0.1) is 0 Å². The Balaban J connectivity index is 3.46. The Hall–Kier alpha value is -0.990. The lowest BCUT2D eigenvalue weighted by molar-refractivity contribution is -0.386. The molecule has 0 saturated carbocycles. The molecule has 0 radical (unpaired) electrons. The maximum atomic E-state index is 11.2. The Morgan fingerprint density at radius 3 is 2.42 bits per heavy atom. The van der Waals surface area contributed by atoms with E-state index in [4.69, 9.17) is 5.14 Å². The third-order valence-electron chi connectivity index (χ3n) is 2.92. The smallest absolute Gasteiger partial charge is 0.258 e. The van der Waals surface area contributed by atoms with Gasteiger partial charge in [0.1, 0.15) is 0 Å². The minimum absolute atomic E-state index is 0.0385. The van der Waals surface area contributed by atoms with Crippen LogP contribution in [0.25, 0.3) is 0 Å². The number of nitrogens with two attached hydrogens (primary N) is 1. The largest absolute Gasteiger partial charge is 0.274 e. The molecule has 0 aliphatic rings. The van der Waals surface area contributed by atoms with Crippen molar-refractivity contribution in [2.45, 2.75) is 35.9 Å². The van der Waals surface area contributed by atoms with Crippen LogP contribution in [0.5, 0.6) is 0 Å². The highest BCUT2D eigenvalue weighted by molar-refractivity contribution is 9.09. The second kappa shape index (κ2) is 5.98. The molecule has 0 spiro atoms. The third-order valence-corrected chi connectivity index (χ3v) is 4.47. The molecule has 0 heterocycles. The van der Waals surface area contributed by atoms with Gasteiger partial charge in [-0.3, -0.25) is 10.1 Å². The number of rotatable bonds is 5. The predicted octanol–water partition coefficient (Wildman–Crippen LogP) is 2.52. The van der Waals surface area contributed by atoms with E-state index < -0.39 is 14.9 Å². The maximum Gasteiger partial charge on any atom is 0.274 e. The first-order valence-corrected chi connectivity index (χ1v) is 8.09. The fourth-order valence-electron chi connectivity index (χ4n) is 1.96. The normalized spacial score (nSPS) is 14.9. The standard InChI is InChI=1S/C11H15BrN2O4S/c1-3-9(7(2)12)10-5-4-8(19(13,17)18)6-11(10)14(15)16/h4-7,9H,3H2,1-2H3,(H2,13,17,18). The second-order valence-electron chi connectivity index (χ2n) is 4.22. The fourth-order valence-corrected chi connectivity index (χ4v) is 3.16. The molecule has 0 amide bonds.